The van der Waals surface area contributed by atoms with Crippen molar-refractivity contribution >= 4 is 11.6 Å². The number of methoxy groups -OCH3 is 2. The number of rotatable bonds is 7. The first kappa shape index (κ1) is 19.1. The number of nitrogens with one attached hydrogen (secondary N) is 1. The van der Waals surface area contributed by atoms with Crippen molar-refractivity contribution in [3.05, 3.63) is 54.6 Å². The average Bonchev–Trinajstić information content (AvgIpc) is 3.18. The number of ether oxygens (including phenoxy) is 3. The number of nitrogens with zero attached hydrogens (tertiary/aromatic N) is 3. The van der Waals surface area contributed by atoms with E-state index in [9.17, 15) is 13.6 Å². The van der Waals surface area contributed by atoms with E-state index < -0.39 is 12.5 Å². The molecule has 1 heterocycles. The average molecular weight is 390 g/mol. The number of halogens is 2. The molecule has 0 aliphatic carbocycles. The third-order valence-electron chi connectivity index (χ3n) is 3.68. The lowest BCUT2D eigenvalue weighted by molar-refractivity contribution is -0.0498. The molecule has 1 aromatic heterocycles. The highest BCUT2D eigenvalue weighted by Crippen LogP contribution is 2.29. The Balaban J connectivity index is 1.76. The lowest BCUT2D eigenvalue weighted by atomic mass is 10.2. The van der Waals surface area contributed by atoms with Gasteiger partial charge in [-0.1, -0.05) is 0 Å². The van der Waals surface area contributed by atoms with Crippen molar-refractivity contribution in [1.82, 2.24) is 14.8 Å². The smallest absolute Gasteiger partial charge is 0.387 e. The maximum absolute atomic E-state index is 12.5. The van der Waals surface area contributed by atoms with E-state index in [1.165, 1.54) is 49.5 Å². The van der Waals surface area contributed by atoms with Crippen LogP contribution in [0.2, 0.25) is 0 Å². The molecular weight excluding hydrogens is 374 g/mol. The number of hydrogen-bond donors (Lipinski definition) is 1. The summed E-state index contributed by atoms with van der Waals surface area (Å²) in [5, 5.41) is 6.76. The molecule has 3 aromatic rings. The van der Waals surface area contributed by atoms with Crippen molar-refractivity contribution in [1.29, 1.82) is 0 Å². The summed E-state index contributed by atoms with van der Waals surface area (Å²) in [4.78, 5) is 16.4. The highest BCUT2D eigenvalue weighted by Gasteiger charge is 2.15. The minimum Gasteiger partial charge on any atom is -0.497 e. The van der Waals surface area contributed by atoms with Gasteiger partial charge in [-0.2, -0.15) is 8.78 Å². The Kier molecular flexibility index (Phi) is 5.68. The highest BCUT2D eigenvalue weighted by atomic mass is 19.3. The zero-order valence-corrected chi connectivity index (χ0v) is 14.9. The SMILES string of the molecule is COc1ccc(OC)c(NC(=O)c2ncn(-c3ccc(OC(F)F)cc3)n2)c1. The van der Waals surface area contributed by atoms with E-state index in [4.69, 9.17) is 9.47 Å². The summed E-state index contributed by atoms with van der Waals surface area (Å²) in [5.41, 5.74) is 0.920. The van der Waals surface area contributed by atoms with E-state index in [0.29, 0.717) is 22.9 Å². The molecule has 0 spiro atoms. The summed E-state index contributed by atoms with van der Waals surface area (Å²) in [7, 11) is 2.99. The van der Waals surface area contributed by atoms with Crippen LogP contribution in [-0.2, 0) is 0 Å². The van der Waals surface area contributed by atoms with Gasteiger partial charge in [0.2, 0.25) is 5.82 Å². The summed E-state index contributed by atoms with van der Waals surface area (Å²) in [5.74, 6) is 0.367. The molecule has 28 heavy (non-hydrogen) atoms. The fourth-order valence-electron chi connectivity index (χ4n) is 2.36. The molecule has 2 aromatic carbocycles. The van der Waals surface area contributed by atoms with Crippen molar-refractivity contribution in [3.63, 3.8) is 0 Å². The first-order valence-electron chi connectivity index (χ1n) is 8.00. The van der Waals surface area contributed by atoms with Gasteiger partial charge >= 0.3 is 6.61 Å². The van der Waals surface area contributed by atoms with Gasteiger partial charge in [0.1, 0.15) is 23.6 Å². The van der Waals surface area contributed by atoms with Crippen LogP contribution >= 0.6 is 0 Å². The highest BCUT2D eigenvalue weighted by molar-refractivity contribution is 6.02. The maximum atomic E-state index is 12.5. The monoisotopic (exact) mass is 390 g/mol. The molecule has 1 N–H and O–H groups in total. The van der Waals surface area contributed by atoms with E-state index in [1.54, 1.807) is 18.2 Å². The van der Waals surface area contributed by atoms with E-state index in [1.807, 2.05) is 0 Å². The zero-order valence-electron chi connectivity index (χ0n) is 14.9. The molecule has 1 amide bonds. The van der Waals surface area contributed by atoms with Crippen LogP contribution in [0.25, 0.3) is 5.69 Å². The first-order chi connectivity index (χ1) is 13.5. The molecule has 0 aliphatic rings. The van der Waals surface area contributed by atoms with Crippen molar-refractivity contribution in [2.75, 3.05) is 19.5 Å². The van der Waals surface area contributed by atoms with Crippen molar-refractivity contribution in [2.24, 2.45) is 0 Å². The molecule has 146 valence electrons. The topological polar surface area (TPSA) is 87.5 Å². The number of aromatic nitrogens is 3. The number of carbonyl (C=O) groups excluding carboxylic acids is 1. The molecule has 0 unspecified atom stereocenters. The number of anilines is 1. The molecule has 3 rings (SSSR count). The Morgan fingerprint density at radius 2 is 1.79 bits per heavy atom. The number of carbonyl (C=O) groups is 1. The standard InChI is InChI=1S/C18H16F2N4O4/c1-26-13-7-8-15(27-2)14(9-13)22-17(25)16-21-10-24(23-16)11-3-5-12(6-4-11)28-18(19)20/h3-10,18H,1-2H3,(H,22,25). The fraction of sp³-hybridized carbons (Fsp3) is 0.167. The molecule has 8 nitrogen and oxygen atoms in total. The van der Waals surface area contributed by atoms with Crippen LogP contribution in [0, 0.1) is 0 Å². The summed E-state index contributed by atoms with van der Waals surface area (Å²) in [6, 6.07) is 10.7. The minimum absolute atomic E-state index is 0.0157. The van der Waals surface area contributed by atoms with Gasteiger partial charge in [-0.05, 0) is 36.4 Å². The Bertz CT molecular complexity index is 960. The van der Waals surface area contributed by atoms with Crippen LogP contribution in [0.1, 0.15) is 10.6 Å². The van der Waals surface area contributed by atoms with Gasteiger partial charge < -0.3 is 19.5 Å². The van der Waals surface area contributed by atoms with Crippen molar-refractivity contribution < 1.29 is 27.8 Å². The Hall–Kier alpha value is -3.69. The number of amides is 1. The number of alkyl halides is 2. The minimum atomic E-state index is -2.90. The summed E-state index contributed by atoms with van der Waals surface area (Å²) in [6.07, 6.45) is 1.33. The van der Waals surface area contributed by atoms with Crippen LogP contribution in [0.15, 0.2) is 48.8 Å². The van der Waals surface area contributed by atoms with Crippen LogP contribution in [0.3, 0.4) is 0 Å². The second-order valence-electron chi connectivity index (χ2n) is 5.41. The van der Waals surface area contributed by atoms with Gasteiger partial charge in [0, 0.05) is 6.07 Å². The number of hydrogen-bond acceptors (Lipinski definition) is 6. The lowest BCUT2D eigenvalue weighted by Gasteiger charge is -2.10. The van der Waals surface area contributed by atoms with Gasteiger partial charge in [0.15, 0.2) is 0 Å². The largest absolute Gasteiger partial charge is 0.497 e. The quantitative estimate of drug-likeness (QED) is 0.667. The summed E-state index contributed by atoms with van der Waals surface area (Å²) >= 11 is 0. The second-order valence-corrected chi connectivity index (χ2v) is 5.41. The number of benzene rings is 2. The first-order valence-corrected chi connectivity index (χ1v) is 8.00. The third kappa shape index (κ3) is 4.34. The van der Waals surface area contributed by atoms with Gasteiger partial charge in [0.05, 0.1) is 25.6 Å². The zero-order chi connectivity index (χ0) is 20.1. The molecule has 0 saturated heterocycles. The van der Waals surface area contributed by atoms with Gasteiger partial charge in [-0.3, -0.25) is 4.79 Å². The van der Waals surface area contributed by atoms with Gasteiger partial charge in [0.25, 0.3) is 5.91 Å². The molecular formula is C18H16F2N4O4. The lowest BCUT2D eigenvalue weighted by Crippen LogP contribution is -2.15. The molecule has 0 fully saturated rings. The summed E-state index contributed by atoms with van der Waals surface area (Å²) in [6.45, 7) is -2.90. The van der Waals surface area contributed by atoms with E-state index in [2.05, 4.69) is 20.1 Å². The van der Waals surface area contributed by atoms with E-state index in [0.717, 1.165) is 0 Å². The van der Waals surface area contributed by atoms with E-state index >= 15 is 0 Å². The molecule has 0 bridgehead atoms. The molecule has 0 saturated carbocycles. The van der Waals surface area contributed by atoms with Gasteiger partial charge in [-0.15, -0.1) is 5.10 Å². The van der Waals surface area contributed by atoms with Crippen LogP contribution in [0.4, 0.5) is 14.5 Å². The molecule has 0 radical (unpaired) electrons. The predicted octanol–water partition coefficient (Wildman–Crippen LogP) is 3.14. The molecule has 10 heteroatoms. The summed E-state index contributed by atoms with van der Waals surface area (Å²) < 4.78 is 40.4. The van der Waals surface area contributed by atoms with Crippen molar-refractivity contribution in [3.8, 4) is 22.9 Å². The van der Waals surface area contributed by atoms with Crippen LogP contribution in [0.5, 0.6) is 17.2 Å². The third-order valence-corrected chi connectivity index (χ3v) is 3.68. The normalized spacial score (nSPS) is 10.6. The maximum Gasteiger partial charge on any atom is 0.387 e. The Morgan fingerprint density at radius 3 is 2.43 bits per heavy atom. The van der Waals surface area contributed by atoms with Crippen LogP contribution in [-0.4, -0.2) is 41.5 Å². The predicted molar refractivity (Wildman–Crippen MR) is 95.5 cm³/mol. The second kappa shape index (κ2) is 8.33. The Morgan fingerprint density at radius 1 is 1.07 bits per heavy atom. The molecule has 0 atom stereocenters. The van der Waals surface area contributed by atoms with E-state index in [-0.39, 0.29) is 11.6 Å². The van der Waals surface area contributed by atoms with Gasteiger partial charge in [-0.25, -0.2) is 9.67 Å². The van der Waals surface area contributed by atoms with Crippen LogP contribution < -0.4 is 19.5 Å². The molecule has 0 aliphatic heterocycles. The van der Waals surface area contributed by atoms with Crippen molar-refractivity contribution in [2.45, 2.75) is 6.61 Å². The fourth-order valence-corrected chi connectivity index (χ4v) is 2.36. The Labute approximate surface area is 158 Å².